The summed E-state index contributed by atoms with van der Waals surface area (Å²) in [5.41, 5.74) is 3.36. The fourth-order valence-electron chi connectivity index (χ4n) is 3.17. The van der Waals surface area contributed by atoms with Crippen molar-refractivity contribution < 1.29 is 14.3 Å². The number of anilines is 1. The summed E-state index contributed by atoms with van der Waals surface area (Å²) < 4.78 is 5.19. The molecular weight excluding hydrogens is 360 g/mol. The van der Waals surface area contributed by atoms with E-state index in [9.17, 15) is 9.59 Å². The molecule has 144 valence electrons. The molecule has 0 bridgehead atoms. The van der Waals surface area contributed by atoms with Gasteiger partial charge in [-0.25, -0.2) is 4.79 Å². The van der Waals surface area contributed by atoms with Gasteiger partial charge in [0.25, 0.3) is 5.91 Å². The first kappa shape index (κ1) is 19.4. The van der Waals surface area contributed by atoms with Crippen molar-refractivity contribution in [2.24, 2.45) is 5.92 Å². The number of hydrogen-bond acceptors (Lipinski definition) is 5. The van der Waals surface area contributed by atoms with Crippen LogP contribution in [0.4, 0.5) is 5.69 Å². The van der Waals surface area contributed by atoms with Gasteiger partial charge >= 0.3 is 5.97 Å². The van der Waals surface area contributed by atoms with Crippen LogP contribution in [0.1, 0.15) is 39.0 Å². The van der Waals surface area contributed by atoms with Crippen LogP contribution in [-0.2, 0) is 28.9 Å². The lowest BCUT2D eigenvalue weighted by Crippen LogP contribution is -2.28. The van der Waals surface area contributed by atoms with Crippen LogP contribution in [-0.4, -0.2) is 32.6 Å². The molecule has 0 unspecified atom stereocenters. The van der Waals surface area contributed by atoms with E-state index in [2.05, 4.69) is 12.2 Å². The fraction of sp³-hybridized carbons (Fsp3) is 0.429. The fourth-order valence-corrected chi connectivity index (χ4v) is 4.27. The van der Waals surface area contributed by atoms with Crippen molar-refractivity contribution in [2.45, 2.75) is 32.7 Å². The molecule has 1 aromatic heterocycles. The number of amides is 1. The van der Waals surface area contributed by atoms with E-state index in [1.165, 1.54) is 28.2 Å². The minimum Gasteiger partial charge on any atom is -0.451 e. The van der Waals surface area contributed by atoms with Crippen molar-refractivity contribution in [1.82, 2.24) is 5.32 Å². The quantitative estimate of drug-likeness (QED) is 0.773. The number of benzene rings is 1. The topological polar surface area (TPSA) is 58.6 Å². The Bertz CT molecular complexity index is 811. The lowest BCUT2D eigenvalue weighted by Gasteiger charge is -2.16. The summed E-state index contributed by atoms with van der Waals surface area (Å²) in [7, 11) is 3.96. The Morgan fingerprint density at radius 2 is 2.00 bits per heavy atom. The number of nitrogens with one attached hydrogen (secondary N) is 1. The van der Waals surface area contributed by atoms with E-state index in [4.69, 9.17) is 4.74 Å². The van der Waals surface area contributed by atoms with Gasteiger partial charge in [0.15, 0.2) is 6.61 Å². The Balaban J connectivity index is 1.45. The number of ether oxygens (including phenoxy) is 1. The molecule has 1 aliphatic rings. The molecule has 0 aliphatic heterocycles. The third kappa shape index (κ3) is 5.10. The first-order valence-electron chi connectivity index (χ1n) is 9.24. The molecular formula is C21H26N2O3S. The number of carbonyl (C=O) groups is 2. The second-order valence-corrected chi connectivity index (χ2v) is 8.46. The number of hydrogen-bond donors (Lipinski definition) is 1. The van der Waals surface area contributed by atoms with Gasteiger partial charge < -0.3 is 15.0 Å². The van der Waals surface area contributed by atoms with E-state index in [1.807, 2.05) is 49.3 Å². The Labute approximate surface area is 164 Å². The normalized spacial score (nSPS) is 15.7. The van der Waals surface area contributed by atoms with Crippen molar-refractivity contribution in [3.05, 3.63) is 51.2 Å². The van der Waals surface area contributed by atoms with E-state index >= 15 is 0 Å². The highest BCUT2D eigenvalue weighted by molar-refractivity contribution is 7.14. The van der Waals surface area contributed by atoms with Crippen molar-refractivity contribution >= 4 is 28.9 Å². The van der Waals surface area contributed by atoms with Crippen LogP contribution < -0.4 is 10.2 Å². The molecule has 0 saturated heterocycles. The molecule has 0 spiro atoms. The van der Waals surface area contributed by atoms with Crippen LogP contribution in [0.25, 0.3) is 0 Å². The molecule has 1 heterocycles. The molecule has 1 aliphatic carbocycles. The van der Waals surface area contributed by atoms with Crippen LogP contribution in [0.15, 0.2) is 30.3 Å². The Morgan fingerprint density at radius 1 is 1.26 bits per heavy atom. The van der Waals surface area contributed by atoms with E-state index in [1.54, 1.807) is 0 Å². The minimum atomic E-state index is -0.410. The van der Waals surface area contributed by atoms with Crippen molar-refractivity contribution in [1.29, 1.82) is 0 Å². The van der Waals surface area contributed by atoms with Gasteiger partial charge in [0.05, 0.1) is 0 Å². The second kappa shape index (κ2) is 8.57. The van der Waals surface area contributed by atoms with Gasteiger partial charge in [0.1, 0.15) is 4.88 Å². The molecule has 5 nitrogen and oxygen atoms in total. The summed E-state index contributed by atoms with van der Waals surface area (Å²) in [5, 5.41) is 2.78. The Hall–Kier alpha value is -2.34. The summed E-state index contributed by atoms with van der Waals surface area (Å²) in [4.78, 5) is 28.1. The Morgan fingerprint density at radius 3 is 2.70 bits per heavy atom. The lowest BCUT2D eigenvalue weighted by atomic mass is 9.90. The first-order chi connectivity index (χ1) is 12.9. The van der Waals surface area contributed by atoms with Gasteiger partial charge in [-0.2, -0.15) is 0 Å². The standard InChI is InChI=1S/C21H26N2O3S/c1-14-4-9-18-16(10-14)11-19(27-18)21(25)26-13-20(24)22-12-15-5-7-17(8-6-15)23(2)3/h5-8,11,14H,4,9-10,12-13H2,1-3H3,(H,22,24)/t14-/m1/s1. The monoisotopic (exact) mass is 386 g/mol. The van der Waals surface area contributed by atoms with Gasteiger partial charge in [-0.3, -0.25) is 4.79 Å². The number of rotatable bonds is 6. The summed E-state index contributed by atoms with van der Waals surface area (Å²) in [6.45, 7) is 2.39. The van der Waals surface area contributed by atoms with Crippen molar-refractivity contribution in [2.75, 3.05) is 25.6 Å². The molecule has 0 radical (unpaired) electrons. The second-order valence-electron chi connectivity index (χ2n) is 7.32. The Kier molecular flexibility index (Phi) is 6.16. The maximum absolute atomic E-state index is 12.2. The number of nitrogens with zero attached hydrogens (tertiary/aromatic N) is 1. The molecule has 1 atom stereocenters. The van der Waals surface area contributed by atoms with Crippen LogP contribution in [0.3, 0.4) is 0 Å². The molecule has 0 saturated carbocycles. The molecule has 3 rings (SSSR count). The van der Waals surface area contributed by atoms with Gasteiger partial charge in [-0.05, 0) is 54.5 Å². The van der Waals surface area contributed by atoms with Crippen LogP contribution in [0, 0.1) is 5.92 Å². The predicted octanol–water partition coefficient (Wildman–Crippen LogP) is 3.41. The number of fused-ring (bicyclic) bond motifs is 1. The zero-order chi connectivity index (χ0) is 19.4. The summed E-state index contributed by atoms with van der Waals surface area (Å²) in [6.07, 6.45) is 3.22. The first-order valence-corrected chi connectivity index (χ1v) is 10.1. The molecule has 0 fully saturated rings. The minimum absolute atomic E-state index is 0.256. The largest absolute Gasteiger partial charge is 0.451 e. The number of thiophene rings is 1. The van der Waals surface area contributed by atoms with Gasteiger partial charge in [-0.15, -0.1) is 11.3 Å². The van der Waals surface area contributed by atoms with Gasteiger partial charge in [0.2, 0.25) is 0 Å². The maximum atomic E-state index is 12.2. The predicted molar refractivity (Wildman–Crippen MR) is 108 cm³/mol. The van der Waals surface area contributed by atoms with E-state index < -0.39 is 5.97 Å². The third-order valence-corrected chi connectivity index (χ3v) is 6.02. The van der Waals surface area contributed by atoms with Gasteiger partial charge in [0, 0.05) is 31.2 Å². The van der Waals surface area contributed by atoms with Gasteiger partial charge in [-0.1, -0.05) is 19.1 Å². The maximum Gasteiger partial charge on any atom is 0.348 e. The summed E-state index contributed by atoms with van der Waals surface area (Å²) >= 11 is 1.50. The SMILES string of the molecule is C[C@@H]1CCc2sc(C(=O)OCC(=O)NCc3ccc(N(C)C)cc3)cc2C1. The number of esters is 1. The zero-order valence-electron chi connectivity index (χ0n) is 16.1. The molecule has 1 amide bonds. The molecule has 27 heavy (non-hydrogen) atoms. The smallest absolute Gasteiger partial charge is 0.348 e. The highest BCUT2D eigenvalue weighted by atomic mass is 32.1. The third-order valence-electron chi connectivity index (χ3n) is 4.81. The van der Waals surface area contributed by atoms with Crippen molar-refractivity contribution in [3.63, 3.8) is 0 Å². The number of aryl methyl sites for hydroxylation is 1. The van der Waals surface area contributed by atoms with E-state index in [0.717, 1.165) is 24.1 Å². The lowest BCUT2D eigenvalue weighted by molar-refractivity contribution is -0.124. The zero-order valence-corrected chi connectivity index (χ0v) is 16.9. The van der Waals surface area contributed by atoms with Crippen molar-refractivity contribution in [3.8, 4) is 0 Å². The highest BCUT2D eigenvalue weighted by Gasteiger charge is 2.21. The molecule has 1 aromatic carbocycles. The van der Waals surface area contributed by atoms with Crippen LogP contribution >= 0.6 is 11.3 Å². The summed E-state index contributed by atoms with van der Waals surface area (Å²) in [5.74, 6) is -0.0453. The molecule has 1 N–H and O–H groups in total. The molecule has 6 heteroatoms. The number of carbonyl (C=O) groups excluding carboxylic acids is 2. The average Bonchev–Trinajstić information content (AvgIpc) is 3.08. The van der Waals surface area contributed by atoms with E-state index in [0.29, 0.717) is 17.3 Å². The molecule has 2 aromatic rings. The highest BCUT2D eigenvalue weighted by Crippen LogP contribution is 2.32. The van der Waals surface area contributed by atoms with Crippen LogP contribution in [0.5, 0.6) is 0 Å². The van der Waals surface area contributed by atoms with Crippen LogP contribution in [0.2, 0.25) is 0 Å². The summed E-state index contributed by atoms with van der Waals surface area (Å²) in [6, 6.07) is 9.88. The average molecular weight is 387 g/mol. The van der Waals surface area contributed by atoms with E-state index in [-0.39, 0.29) is 12.5 Å².